The van der Waals surface area contributed by atoms with Crippen molar-refractivity contribution < 1.29 is 24.1 Å². The third-order valence-electron chi connectivity index (χ3n) is 6.16. The Morgan fingerprint density at radius 2 is 1.88 bits per heavy atom. The highest BCUT2D eigenvalue weighted by Crippen LogP contribution is 2.47. The summed E-state index contributed by atoms with van der Waals surface area (Å²) in [6.07, 6.45) is 1.50. The molecule has 0 bridgehead atoms. The van der Waals surface area contributed by atoms with Gasteiger partial charge in [0, 0.05) is 5.92 Å². The molecule has 3 heterocycles. The smallest absolute Gasteiger partial charge is 0.165 e. The number of ether oxygens (including phenoxy) is 4. The predicted octanol–water partition coefficient (Wildman–Crippen LogP) is 1.69. The van der Waals surface area contributed by atoms with Gasteiger partial charge in [-0.25, -0.2) is 15.0 Å². The highest BCUT2D eigenvalue weighted by atomic mass is 16.8. The first-order chi connectivity index (χ1) is 15.4. The summed E-state index contributed by atoms with van der Waals surface area (Å²) >= 11 is 0. The van der Waals surface area contributed by atoms with Crippen molar-refractivity contribution in [3.8, 4) is 5.75 Å². The number of hydrogen-bond acceptors (Lipinski definition) is 9. The summed E-state index contributed by atoms with van der Waals surface area (Å²) in [5, 5.41) is 11.3. The van der Waals surface area contributed by atoms with Gasteiger partial charge in [0.15, 0.2) is 17.3 Å². The summed E-state index contributed by atoms with van der Waals surface area (Å²) in [5.41, 5.74) is 8.01. The highest BCUT2D eigenvalue weighted by Gasteiger charge is 2.59. The number of imidazole rings is 1. The quantitative estimate of drug-likeness (QED) is 0.587. The molecule has 1 aromatic carbocycles. The summed E-state index contributed by atoms with van der Waals surface area (Å²) in [5.74, 6) is 0.0240. The first-order valence-electron chi connectivity index (χ1n) is 10.6. The van der Waals surface area contributed by atoms with Crippen LogP contribution in [0.4, 0.5) is 5.82 Å². The van der Waals surface area contributed by atoms with Crippen LogP contribution in [0.1, 0.15) is 25.5 Å². The van der Waals surface area contributed by atoms with Gasteiger partial charge >= 0.3 is 0 Å². The zero-order valence-corrected chi connectivity index (χ0v) is 18.2. The van der Waals surface area contributed by atoms with E-state index in [4.69, 9.17) is 24.7 Å². The van der Waals surface area contributed by atoms with Crippen LogP contribution in [0.3, 0.4) is 0 Å². The van der Waals surface area contributed by atoms with Crippen molar-refractivity contribution in [2.45, 2.75) is 50.6 Å². The van der Waals surface area contributed by atoms with Crippen LogP contribution in [-0.2, 0) is 20.8 Å². The normalized spacial score (nSPS) is 28.8. The number of benzene rings is 1. The van der Waals surface area contributed by atoms with Crippen LogP contribution in [0.2, 0.25) is 0 Å². The molecule has 3 aromatic rings. The number of aromatic nitrogens is 4. The van der Waals surface area contributed by atoms with Crippen molar-refractivity contribution >= 4 is 17.0 Å². The van der Waals surface area contributed by atoms with Gasteiger partial charge in [-0.05, 0) is 31.5 Å². The number of nitrogens with two attached hydrogens (primary N) is 1. The number of nitrogens with zero attached hydrogens (tertiary/aromatic N) is 4. The Kier molecular flexibility index (Phi) is 5.25. The molecule has 170 valence electrons. The molecule has 1 saturated carbocycles. The second kappa shape index (κ2) is 7.96. The molecular weight excluding hydrogens is 414 g/mol. The maximum atomic E-state index is 11.3. The van der Waals surface area contributed by atoms with Gasteiger partial charge in [-0.15, -0.1) is 0 Å². The zero-order valence-electron chi connectivity index (χ0n) is 18.2. The van der Waals surface area contributed by atoms with E-state index in [1.165, 1.54) is 6.33 Å². The fraction of sp³-hybridized carbons (Fsp3) is 0.500. The number of rotatable bonds is 6. The van der Waals surface area contributed by atoms with Gasteiger partial charge < -0.3 is 34.4 Å². The first-order valence-corrected chi connectivity index (χ1v) is 10.6. The topological polar surface area (TPSA) is 127 Å². The third-order valence-corrected chi connectivity index (χ3v) is 6.16. The van der Waals surface area contributed by atoms with Gasteiger partial charge in [-0.2, -0.15) is 0 Å². The van der Waals surface area contributed by atoms with Crippen molar-refractivity contribution in [1.82, 2.24) is 19.5 Å². The summed E-state index contributed by atoms with van der Waals surface area (Å²) in [6.45, 7) is 4.47. The number of aliphatic hydroxyl groups is 1. The average Bonchev–Trinajstić information content (AvgIpc) is 3.39. The van der Waals surface area contributed by atoms with Crippen molar-refractivity contribution in [2.24, 2.45) is 5.92 Å². The monoisotopic (exact) mass is 441 g/mol. The highest BCUT2D eigenvalue weighted by molar-refractivity contribution is 5.81. The fourth-order valence-electron chi connectivity index (χ4n) is 4.69. The Balaban J connectivity index is 1.38. The van der Waals surface area contributed by atoms with Gasteiger partial charge in [0.1, 0.15) is 23.7 Å². The van der Waals surface area contributed by atoms with E-state index < -0.39 is 17.9 Å². The van der Waals surface area contributed by atoms with E-state index >= 15 is 0 Å². The maximum absolute atomic E-state index is 11.3. The van der Waals surface area contributed by atoms with Crippen LogP contribution in [0.25, 0.3) is 11.2 Å². The van der Waals surface area contributed by atoms with Crippen LogP contribution < -0.4 is 10.5 Å². The molecular formula is C22H27N5O5. The minimum absolute atomic E-state index is 0.290. The minimum atomic E-state index is -0.787. The Bertz CT molecular complexity index is 1100. The summed E-state index contributed by atoms with van der Waals surface area (Å²) in [4.78, 5) is 12.7. The number of methoxy groups -OCH3 is 1. The second-order valence-electron chi connectivity index (χ2n) is 8.66. The van der Waals surface area contributed by atoms with E-state index in [-0.39, 0.29) is 18.1 Å². The van der Waals surface area contributed by atoms with Crippen LogP contribution in [0, 0.1) is 5.92 Å². The Labute approximate surface area is 185 Å². The van der Waals surface area contributed by atoms with Crippen LogP contribution in [0.5, 0.6) is 5.75 Å². The number of hydrogen-bond donors (Lipinski definition) is 2. The summed E-state index contributed by atoms with van der Waals surface area (Å²) in [7, 11) is 1.63. The molecule has 10 heteroatoms. The lowest BCUT2D eigenvalue weighted by molar-refractivity contribution is -0.174. The molecule has 0 amide bonds. The molecule has 1 aliphatic carbocycles. The number of anilines is 1. The van der Waals surface area contributed by atoms with E-state index in [0.717, 1.165) is 11.3 Å². The van der Waals surface area contributed by atoms with Crippen LogP contribution in [-0.4, -0.2) is 62.4 Å². The van der Waals surface area contributed by atoms with Crippen molar-refractivity contribution in [1.29, 1.82) is 0 Å². The molecule has 1 aliphatic heterocycles. The van der Waals surface area contributed by atoms with E-state index in [2.05, 4.69) is 15.0 Å². The SMILES string of the molecule is COc1ccc(COC[C@H]2[C@H](O)[C@@H](n3cnc4c(N)ncnc43)[C@@H]3OC(C)(C)O[C@H]23)cc1. The third kappa shape index (κ3) is 3.58. The average molecular weight is 441 g/mol. The Hall–Kier alpha value is -2.79. The number of nitrogen functional groups attached to an aromatic ring is 1. The molecule has 10 nitrogen and oxygen atoms in total. The second-order valence-corrected chi connectivity index (χ2v) is 8.66. The summed E-state index contributed by atoms with van der Waals surface area (Å²) in [6, 6.07) is 7.24. The van der Waals surface area contributed by atoms with Crippen LogP contribution >= 0.6 is 0 Å². The van der Waals surface area contributed by atoms with Gasteiger partial charge in [0.05, 0.1) is 44.9 Å². The maximum Gasteiger partial charge on any atom is 0.165 e. The molecule has 2 aromatic heterocycles. The molecule has 32 heavy (non-hydrogen) atoms. The van der Waals surface area contributed by atoms with Crippen molar-refractivity contribution in [2.75, 3.05) is 19.5 Å². The molecule has 2 fully saturated rings. The minimum Gasteiger partial charge on any atom is -0.497 e. The molecule has 5 atom stereocenters. The largest absolute Gasteiger partial charge is 0.497 e. The standard InChI is InChI=1S/C22H27N5O5/c1-22(2)31-18-14(9-30-8-12-4-6-13(29-3)7-5-12)17(28)16(19(18)32-22)27-11-26-15-20(23)24-10-25-21(15)27/h4-7,10-11,14,16-19,28H,8-9H2,1-3H3,(H2,23,24,25)/t14-,16+,17-,18+,19-/m0/s1. The zero-order chi connectivity index (χ0) is 22.5. The molecule has 2 aliphatic rings. The molecule has 0 unspecified atom stereocenters. The Morgan fingerprint density at radius 1 is 1.12 bits per heavy atom. The lowest BCUT2D eigenvalue weighted by Crippen LogP contribution is -2.35. The van der Waals surface area contributed by atoms with E-state index in [0.29, 0.717) is 30.2 Å². The van der Waals surface area contributed by atoms with E-state index in [1.807, 2.05) is 42.7 Å². The fourth-order valence-corrected chi connectivity index (χ4v) is 4.69. The lowest BCUT2D eigenvalue weighted by Gasteiger charge is -2.28. The number of fused-ring (bicyclic) bond motifs is 2. The predicted molar refractivity (Wildman–Crippen MR) is 115 cm³/mol. The van der Waals surface area contributed by atoms with Crippen molar-refractivity contribution in [3.63, 3.8) is 0 Å². The summed E-state index contributed by atoms with van der Waals surface area (Å²) < 4.78 is 25.4. The van der Waals surface area contributed by atoms with Gasteiger partial charge in [0.25, 0.3) is 0 Å². The molecule has 5 rings (SSSR count). The van der Waals surface area contributed by atoms with Crippen LogP contribution in [0.15, 0.2) is 36.9 Å². The Morgan fingerprint density at radius 3 is 2.62 bits per heavy atom. The van der Waals surface area contributed by atoms with E-state index in [9.17, 15) is 5.11 Å². The van der Waals surface area contributed by atoms with E-state index in [1.54, 1.807) is 13.4 Å². The molecule has 0 radical (unpaired) electrons. The van der Waals surface area contributed by atoms with Gasteiger partial charge in [-0.1, -0.05) is 12.1 Å². The molecule has 1 saturated heterocycles. The first kappa shape index (κ1) is 21.1. The molecule has 3 N–H and O–H groups in total. The van der Waals surface area contributed by atoms with Crippen molar-refractivity contribution in [3.05, 3.63) is 42.5 Å². The molecule has 0 spiro atoms. The van der Waals surface area contributed by atoms with Gasteiger partial charge in [-0.3, -0.25) is 0 Å². The number of aliphatic hydroxyl groups excluding tert-OH is 1. The van der Waals surface area contributed by atoms with Gasteiger partial charge in [0.2, 0.25) is 0 Å². The lowest BCUT2D eigenvalue weighted by atomic mass is 10.0.